The average molecular weight is 438 g/mol. The second-order valence-electron chi connectivity index (χ2n) is 8.12. The first kappa shape index (κ1) is 18.7. The standard InChI is InChI=1S/C28H18N6/c1-2-6-20(7-3-1)33-23-9-5-4-8-22(23)26-24(33)10-11-25-27(26)32-28(19-12-14-29-15-13-19)34(25)21-16-30-18-31-17-21/h1-18H. The fraction of sp³-hybridized carbons (Fsp3) is 0. The Bertz CT molecular complexity index is 1790. The number of hydrogen-bond donors (Lipinski definition) is 0. The minimum atomic E-state index is 0.830. The number of para-hydroxylation sites is 2. The molecule has 160 valence electrons. The van der Waals surface area contributed by atoms with Gasteiger partial charge in [-0.1, -0.05) is 36.4 Å². The van der Waals surface area contributed by atoms with Crippen LogP contribution in [0.3, 0.4) is 0 Å². The lowest BCUT2D eigenvalue weighted by Gasteiger charge is -2.09. The van der Waals surface area contributed by atoms with Crippen LogP contribution >= 0.6 is 0 Å². The number of pyridine rings is 1. The smallest absolute Gasteiger partial charge is 0.145 e. The third kappa shape index (κ3) is 2.69. The van der Waals surface area contributed by atoms with Crippen LogP contribution in [-0.2, 0) is 0 Å². The maximum atomic E-state index is 5.21. The number of hydrogen-bond acceptors (Lipinski definition) is 4. The van der Waals surface area contributed by atoms with Gasteiger partial charge in [0.25, 0.3) is 0 Å². The summed E-state index contributed by atoms with van der Waals surface area (Å²) in [4.78, 5) is 17.9. The summed E-state index contributed by atoms with van der Waals surface area (Å²) in [6.07, 6.45) is 8.75. The van der Waals surface area contributed by atoms with E-state index in [1.165, 1.54) is 5.39 Å². The van der Waals surface area contributed by atoms with E-state index < -0.39 is 0 Å². The van der Waals surface area contributed by atoms with Crippen LogP contribution in [0.2, 0.25) is 0 Å². The van der Waals surface area contributed by atoms with Crippen molar-refractivity contribution in [1.29, 1.82) is 0 Å². The summed E-state index contributed by atoms with van der Waals surface area (Å²) in [5.74, 6) is 0.830. The van der Waals surface area contributed by atoms with Gasteiger partial charge in [0.2, 0.25) is 0 Å². The number of imidazole rings is 1. The number of benzene rings is 3. The maximum Gasteiger partial charge on any atom is 0.145 e. The second-order valence-corrected chi connectivity index (χ2v) is 8.12. The van der Waals surface area contributed by atoms with Crippen molar-refractivity contribution in [2.75, 3.05) is 0 Å². The molecule has 0 radical (unpaired) electrons. The molecule has 0 aliphatic carbocycles. The summed E-state index contributed by atoms with van der Waals surface area (Å²) in [7, 11) is 0. The summed E-state index contributed by atoms with van der Waals surface area (Å²) < 4.78 is 4.43. The number of aromatic nitrogens is 6. The second kappa shape index (κ2) is 7.35. The quantitative estimate of drug-likeness (QED) is 0.341. The van der Waals surface area contributed by atoms with Gasteiger partial charge in [-0.05, 0) is 42.5 Å². The van der Waals surface area contributed by atoms with Gasteiger partial charge in [0.15, 0.2) is 0 Å². The molecule has 0 unspecified atom stereocenters. The third-order valence-corrected chi connectivity index (χ3v) is 6.22. The predicted octanol–water partition coefficient (Wildman–Crippen LogP) is 5.97. The first-order valence-corrected chi connectivity index (χ1v) is 11.1. The van der Waals surface area contributed by atoms with Crippen LogP contribution in [-0.4, -0.2) is 29.1 Å². The molecule has 0 spiro atoms. The lowest BCUT2D eigenvalue weighted by molar-refractivity contribution is 1.04. The normalized spacial score (nSPS) is 11.5. The Morgan fingerprint density at radius 3 is 2.12 bits per heavy atom. The van der Waals surface area contributed by atoms with Crippen LogP contribution in [0, 0.1) is 0 Å². The summed E-state index contributed by atoms with van der Waals surface area (Å²) in [6, 6.07) is 27.2. The van der Waals surface area contributed by atoms with Gasteiger partial charge in [-0.2, -0.15) is 0 Å². The van der Waals surface area contributed by atoms with Gasteiger partial charge in [0, 0.05) is 34.4 Å². The van der Waals surface area contributed by atoms with Crippen molar-refractivity contribution in [2.24, 2.45) is 0 Å². The summed E-state index contributed by atoms with van der Waals surface area (Å²) in [5.41, 5.74) is 7.19. The minimum absolute atomic E-state index is 0.830. The van der Waals surface area contributed by atoms with E-state index in [1.807, 2.05) is 30.6 Å². The van der Waals surface area contributed by atoms with Crippen LogP contribution in [0.5, 0.6) is 0 Å². The van der Waals surface area contributed by atoms with Gasteiger partial charge in [-0.25, -0.2) is 15.0 Å². The van der Waals surface area contributed by atoms with E-state index >= 15 is 0 Å². The van der Waals surface area contributed by atoms with Gasteiger partial charge in [0.05, 0.1) is 40.1 Å². The molecule has 6 nitrogen and oxygen atoms in total. The molecule has 0 aliphatic rings. The highest BCUT2D eigenvalue weighted by Crippen LogP contribution is 2.38. The van der Waals surface area contributed by atoms with Crippen LogP contribution in [0.15, 0.2) is 110 Å². The van der Waals surface area contributed by atoms with Gasteiger partial charge in [-0.3, -0.25) is 9.55 Å². The molecule has 6 heteroatoms. The molecule has 4 heterocycles. The molecule has 7 rings (SSSR count). The van der Waals surface area contributed by atoms with E-state index in [0.29, 0.717) is 0 Å². The molecule has 4 aromatic heterocycles. The van der Waals surface area contributed by atoms with Crippen LogP contribution in [0.1, 0.15) is 0 Å². The molecule has 0 saturated carbocycles. The Labute approximate surface area is 194 Å². The van der Waals surface area contributed by atoms with Crippen molar-refractivity contribution >= 4 is 32.8 Å². The highest BCUT2D eigenvalue weighted by molar-refractivity contribution is 6.20. The molecule has 3 aromatic carbocycles. The molecule has 0 fully saturated rings. The topological polar surface area (TPSA) is 61.4 Å². The molecule has 0 saturated heterocycles. The average Bonchev–Trinajstić information content (AvgIpc) is 3.46. The van der Waals surface area contributed by atoms with Crippen molar-refractivity contribution in [1.82, 2.24) is 29.1 Å². The summed E-state index contributed by atoms with van der Waals surface area (Å²) in [5, 5.41) is 2.30. The number of nitrogens with zero attached hydrogens (tertiary/aromatic N) is 6. The van der Waals surface area contributed by atoms with Crippen LogP contribution in [0.4, 0.5) is 0 Å². The Kier molecular flexibility index (Phi) is 4.04. The monoisotopic (exact) mass is 438 g/mol. The Hall–Kier alpha value is -4.84. The zero-order valence-electron chi connectivity index (χ0n) is 18.1. The summed E-state index contributed by atoms with van der Waals surface area (Å²) >= 11 is 0. The van der Waals surface area contributed by atoms with Crippen molar-refractivity contribution in [3.8, 4) is 22.8 Å². The first-order chi connectivity index (χ1) is 16.9. The lowest BCUT2D eigenvalue weighted by atomic mass is 10.1. The first-order valence-electron chi connectivity index (χ1n) is 11.1. The molecular formula is C28H18N6. The predicted molar refractivity (Wildman–Crippen MR) is 134 cm³/mol. The summed E-state index contributed by atoms with van der Waals surface area (Å²) in [6.45, 7) is 0. The molecule has 0 amide bonds. The van der Waals surface area contributed by atoms with Gasteiger partial charge >= 0.3 is 0 Å². The fourth-order valence-corrected chi connectivity index (χ4v) is 4.81. The number of rotatable bonds is 3. The Morgan fingerprint density at radius 1 is 0.559 bits per heavy atom. The van der Waals surface area contributed by atoms with Crippen molar-refractivity contribution < 1.29 is 0 Å². The van der Waals surface area contributed by atoms with Crippen molar-refractivity contribution in [2.45, 2.75) is 0 Å². The van der Waals surface area contributed by atoms with E-state index in [2.05, 4.69) is 84.7 Å². The van der Waals surface area contributed by atoms with E-state index in [0.717, 1.165) is 50.2 Å². The lowest BCUT2D eigenvalue weighted by Crippen LogP contribution is -1.99. The maximum absolute atomic E-state index is 5.21. The zero-order chi connectivity index (χ0) is 22.5. The van der Waals surface area contributed by atoms with Gasteiger partial charge in [-0.15, -0.1) is 0 Å². The number of fused-ring (bicyclic) bond motifs is 5. The largest absolute Gasteiger partial charge is 0.309 e. The van der Waals surface area contributed by atoms with Crippen LogP contribution < -0.4 is 0 Å². The molecule has 34 heavy (non-hydrogen) atoms. The molecule has 0 aliphatic heterocycles. The highest BCUT2D eigenvalue weighted by Gasteiger charge is 2.21. The molecule has 0 N–H and O–H groups in total. The molecule has 0 atom stereocenters. The third-order valence-electron chi connectivity index (χ3n) is 6.22. The minimum Gasteiger partial charge on any atom is -0.309 e. The van der Waals surface area contributed by atoms with Crippen molar-refractivity contribution in [3.05, 3.63) is 110 Å². The Morgan fingerprint density at radius 2 is 1.29 bits per heavy atom. The molecule has 7 aromatic rings. The van der Waals surface area contributed by atoms with E-state index in [4.69, 9.17) is 4.98 Å². The van der Waals surface area contributed by atoms with E-state index in [9.17, 15) is 0 Å². The van der Waals surface area contributed by atoms with Gasteiger partial charge < -0.3 is 4.57 Å². The highest BCUT2D eigenvalue weighted by atomic mass is 15.1. The van der Waals surface area contributed by atoms with Crippen LogP contribution in [0.25, 0.3) is 55.6 Å². The fourth-order valence-electron chi connectivity index (χ4n) is 4.81. The molecular weight excluding hydrogens is 420 g/mol. The Balaban J connectivity index is 1.66. The van der Waals surface area contributed by atoms with Crippen molar-refractivity contribution in [3.63, 3.8) is 0 Å². The van der Waals surface area contributed by atoms with E-state index in [1.54, 1.807) is 18.7 Å². The molecule has 0 bridgehead atoms. The van der Waals surface area contributed by atoms with Gasteiger partial charge in [0.1, 0.15) is 12.2 Å². The zero-order valence-corrected chi connectivity index (χ0v) is 18.1. The van der Waals surface area contributed by atoms with E-state index in [-0.39, 0.29) is 0 Å². The SMILES string of the molecule is c1ccc(-n2c3ccccc3c3c4nc(-c5ccncc5)n(-c5cncnc5)c4ccc32)cc1.